The summed E-state index contributed by atoms with van der Waals surface area (Å²) >= 11 is 6.10. The van der Waals surface area contributed by atoms with Crippen LogP contribution in [0.5, 0.6) is 5.75 Å². The predicted octanol–water partition coefficient (Wildman–Crippen LogP) is 6.86. The van der Waals surface area contributed by atoms with Crippen molar-refractivity contribution in [2.75, 3.05) is 18.0 Å². The van der Waals surface area contributed by atoms with Gasteiger partial charge in [-0.05, 0) is 97.5 Å². The van der Waals surface area contributed by atoms with E-state index in [2.05, 4.69) is 5.32 Å². The Balaban J connectivity index is 1.59. The first kappa shape index (κ1) is 35.0. The van der Waals surface area contributed by atoms with E-state index in [-0.39, 0.29) is 29.8 Å². The highest BCUT2D eigenvalue weighted by Gasteiger charge is 2.35. The van der Waals surface area contributed by atoms with Crippen molar-refractivity contribution in [1.82, 2.24) is 10.2 Å². The van der Waals surface area contributed by atoms with Gasteiger partial charge in [0.15, 0.2) is 0 Å². The maximum atomic E-state index is 14.7. The molecule has 4 aromatic carbocycles. The second-order valence-corrected chi connectivity index (χ2v) is 14.6. The number of hydrogen-bond acceptors (Lipinski definition) is 5. The summed E-state index contributed by atoms with van der Waals surface area (Å²) in [7, 11) is -2.66. The van der Waals surface area contributed by atoms with E-state index < -0.39 is 28.5 Å². The van der Waals surface area contributed by atoms with Gasteiger partial charge in [0.1, 0.15) is 18.3 Å². The van der Waals surface area contributed by atoms with E-state index in [1.807, 2.05) is 74.5 Å². The molecule has 1 N–H and O–H groups in total. The van der Waals surface area contributed by atoms with Gasteiger partial charge < -0.3 is 15.0 Å². The number of halogens is 1. The number of sulfonamides is 1. The molecule has 1 saturated carbocycles. The summed E-state index contributed by atoms with van der Waals surface area (Å²) in [5, 5.41) is 3.59. The van der Waals surface area contributed by atoms with E-state index in [1.54, 1.807) is 19.2 Å². The summed E-state index contributed by atoms with van der Waals surface area (Å²) in [6.45, 7) is 3.37. The molecule has 1 aliphatic carbocycles. The van der Waals surface area contributed by atoms with Crippen LogP contribution in [-0.4, -0.2) is 50.9 Å². The molecule has 0 saturated heterocycles. The zero-order chi connectivity index (χ0) is 34.3. The minimum Gasteiger partial charge on any atom is -0.497 e. The second kappa shape index (κ2) is 15.7. The Morgan fingerprint density at radius 1 is 0.875 bits per heavy atom. The predicted molar refractivity (Wildman–Crippen MR) is 190 cm³/mol. The molecule has 8 nitrogen and oxygen atoms in total. The fraction of sp³-hybridized carbons (Fsp3) is 0.316. The van der Waals surface area contributed by atoms with Crippen LogP contribution in [0.1, 0.15) is 47.9 Å². The fourth-order valence-corrected chi connectivity index (χ4v) is 7.56. The van der Waals surface area contributed by atoms with E-state index in [4.69, 9.17) is 16.3 Å². The molecule has 5 rings (SSSR count). The summed E-state index contributed by atoms with van der Waals surface area (Å²) in [5.74, 6) is -0.173. The molecule has 1 fully saturated rings. The first-order chi connectivity index (χ1) is 23.0. The molecule has 0 spiro atoms. The monoisotopic (exact) mass is 687 g/mol. The topological polar surface area (TPSA) is 96.0 Å². The number of ether oxygens (including phenoxy) is 1. The molecular formula is C38H42ClN3O5S. The van der Waals surface area contributed by atoms with Crippen LogP contribution < -0.4 is 14.4 Å². The Hall–Kier alpha value is -4.34. The number of benzene rings is 4. The van der Waals surface area contributed by atoms with Crippen molar-refractivity contribution in [3.8, 4) is 5.75 Å². The molecule has 48 heavy (non-hydrogen) atoms. The first-order valence-electron chi connectivity index (χ1n) is 16.2. The van der Waals surface area contributed by atoms with Crippen LogP contribution in [0.2, 0.25) is 5.02 Å². The summed E-state index contributed by atoms with van der Waals surface area (Å²) < 4.78 is 35.1. The number of aryl methyl sites for hydroxylation is 2. The van der Waals surface area contributed by atoms with Gasteiger partial charge in [0.25, 0.3) is 10.0 Å². The summed E-state index contributed by atoms with van der Waals surface area (Å²) in [5.41, 5.74) is 3.83. The van der Waals surface area contributed by atoms with Crippen molar-refractivity contribution in [1.29, 1.82) is 0 Å². The number of anilines is 1. The number of rotatable bonds is 13. The number of nitrogens with zero attached hydrogens (tertiary/aromatic N) is 2. The third-order valence-electron chi connectivity index (χ3n) is 8.92. The van der Waals surface area contributed by atoms with Crippen LogP contribution in [-0.2, 0) is 32.6 Å². The van der Waals surface area contributed by atoms with Crippen molar-refractivity contribution < 1.29 is 22.7 Å². The Labute approximate surface area is 288 Å². The van der Waals surface area contributed by atoms with Crippen molar-refractivity contribution in [2.45, 2.75) is 69.5 Å². The highest BCUT2D eigenvalue weighted by molar-refractivity contribution is 7.92. The van der Waals surface area contributed by atoms with Crippen molar-refractivity contribution >= 4 is 39.1 Å². The SMILES string of the molecule is COc1cccc(CN(C(=O)CN(c2ccc(C)c(C)c2)S(=O)(=O)c2ccc(Cl)cc2)[C@@H](Cc2ccccc2)C(=O)NC2CCCC2)c1. The molecule has 1 atom stereocenters. The van der Waals surface area contributed by atoms with Gasteiger partial charge in [-0.1, -0.05) is 73.0 Å². The maximum absolute atomic E-state index is 14.7. The van der Waals surface area contributed by atoms with E-state index in [0.717, 1.165) is 52.2 Å². The Bertz CT molecular complexity index is 1830. The van der Waals surface area contributed by atoms with Gasteiger partial charge in [-0.25, -0.2) is 8.42 Å². The molecule has 0 unspecified atom stereocenters. The van der Waals surface area contributed by atoms with Crippen LogP contribution in [0.4, 0.5) is 5.69 Å². The van der Waals surface area contributed by atoms with Crippen LogP contribution >= 0.6 is 11.6 Å². The van der Waals surface area contributed by atoms with Gasteiger partial charge >= 0.3 is 0 Å². The zero-order valence-corrected chi connectivity index (χ0v) is 29.1. The Kier molecular flexibility index (Phi) is 11.4. The Morgan fingerprint density at radius 2 is 1.56 bits per heavy atom. The van der Waals surface area contributed by atoms with Crippen LogP contribution in [0.3, 0.4) is 0 Å². The number of nitrogens with one attached hydrogen (secondary N) is 1. The zero-order valence-electron chi connectivity index (χ0n) is 27.6. The fourth-order valence-electron chi connectivity index (χ4n) is 6.03. The highest BCUT2D eigenvalue weighted by atomic mass is 35.5. The van der Waals surface area contributed by atoms with Crippen LogP contribution in [0.25, 0.3) is 0 Å². The molecular weight excluding hydrogens is 646 g/mol. The summed E-state index contributed by atoms with van der Waals surface area (Å²) in [4.78, 5) is 30.4. The smallest absolute Gasteiger partial charge is 0.264 e. The molecule has 2 amide bonds. The number of carbonyl (C=O) groups is 2. The van der Waals surface area contributed by atoms with E-state index >= 15 is 0 Å². The largest absolute Gasteiger partial charge is 0.497 e. The average molecular weight is 688 g/mol. The van der Waals surface area contributed by atoms with Gasteiger partial charge in [0.2, 0.25) is 11.8 Å². The second-order valence-electron chi connectivity index (χ2n) is 12.3. The molecule has 4 aromatic rings. The lowest BCUT2D eigenvalue weighted by molar-refractivity contribution is -0.140. The lowest BCUT2D eigenvalue weighted by Gasteiger charge is -2.34. The molecule has 0 radical (unpaired) electrons. The van der Waals surface area contributed by atoms with Gasteiger partial charge in [-0.3, -0.25) is 13.9 Å². The third-order valence-corrected chi connectivity index (χ3v) is 11.0. The van der Waals surface area contributed by atoms with Crippen molar-refractivity contribution in [3.63, 3.8) is 0 Å². The normalized spacial score (nSPS) is 13.9. The lowest BCUT2D eigenvalue weighted by atomic mass is 10.0. The molecule has 252 valence electrons. The molecule has 0 aliphatic heterocycles. The number of methoxy groups -OCH3 is 1. The number of amides is 2. The van der Waals surface area contributed by atoms with Gasteiger partial charge in [-0.2, -0.15) is 0 Å². The molecule has 10 heteroatoms. The third kappa shape index (κ3) is 8.57. The van der Waals surface area contributed by atoms with Gasteiger partial charge in [-0.15, -0.1) is 0 Å². The van der Waals surface area contributed by atoms with E-state index in [9.17, 15) is 18.0 Å². The van der Waals surface area contributed by atoms with Crippen LogP contribution in [0, 0.1) is 13.8 Å². The van der Waals surface area contributed by atoms with Crippen molar-refractivity contribution in [2.24, 2.45) is 0 Å². The van der Waals surface area contributed by atoms with Crippen LogP contribution in [0.15, 0.2) is 102 Å². The minimum absolute atomic E-state index is 0.00270. The maximum Gasteiger partial charge on any atom is 0.264 e. The number of hydrogen-bond donors (Lipinski definition) is 1. The molecule has 0 aromatic heterocycles. The van der Waals surface area contributed by atoms with Gasteiger partial charge in [0, 0.05) is 24.0 Å². The lowest BCUT2D eigenvalue weighted by Crippen LogP contribution is -2.54. The number of carbonyl (C=O) groups excluding carboxylic acids is 2. The van der Waals surface area contributed by atoms with Gasteiger partial charge in [0.05, 0.1) is 17.7 Å². The van der Waals surface area contributed by atoms with E-state index in [1.165, 1.54) is 29.2 Å². The minimum atomic E-state index is -4.23. The summed E-state index contributed by atoms with van der Waals surface area (Å²) in [6.07, 6.45) is 4.09. The standard InChI is InChI=1S/C38H42ClN3O5S/c1-27-16-19-33(22-28(27)2)42(48(45,46)35-20-17-31(39)18-21-35)26-37(43)41(25-30-12-9-15-34(23-30)47-3)36(24-29-10-5-4-6-11-29)38(44)40-32-13-7-8-14-32/h4-6,9-12,15-23,32,36H,7-8,13-14,24-26H2,1-3H3,(H,40,44)/t36-/m0/s1. The highest BCUT2D eigenvalue weighted by Crippen LogP contribution is 2.28. The van der Waals surface area contributed by atoms with Crippen molar-refractivity contribution in [3.05, 3.63) is 124 Å². The summed E-state index contributed by atoms with van der Waals surface area (Å²) in [6, 6.07) is 27.2. The average Bonchev–Trinajstić information content (AvgIpc) is 3.60. The Morgan fingerprint density at radius 3 is 2.23 bits per heavy atom. The van der Waals surface area contributed by atoms with E-state index in [0.29, 0.717) is 16.5 Å². The molecule has 1 aliphatic rings. The molecule has 0 bridgehead atoms. The quantitative estimate of drug-likeness (QED) is 0.166. The molecule has 0 heterocycles. The first-order valence-corrected chi connectivity index (χ1v) is 18.0.